The Kier molecular flexibility index (Phi) is 4.27. The highest BCUT2D eigenvalue weighted by Crippen LogP contribution is 2.29. The summed E-state index contributed by atoms with van der Waals surface area (Å²) in [6.07, 6.45) is 0. The van der Waals surface area contributed by atoms with E-state index in [0.29, 0.717) is 11.4 Å². The molecule has 0 aliphatic rings. The van der Waals surface area contributed by atoms with Gasteiger partial charge >= 0.3 is 0 Å². The van der Waals surface area contributed by atoms with Gasteiger partial charge in [0.1, 0.15) is 5.75 Å². The molecule has 0 atom stereocenters. The molecule has 0 radical (unpaired) electrons. The number of carbonyl (C=O) groups is 1. The summed E-state index contributed by atoms with van der Waals surface area (Å²) in [6.45, 7) is 4.40. The molecule has 0 spiro atoms. The molecule has 1 aromatic carbocycles. The molecular weight excluding hydrogens is 326 g/mol. The monoisotopic (exact) mass is 339 g/mol. The third-order valence-electron chi connectivity index (χ3n) is 2.83. The maximum absolute atomic E-state index is 12.5. The molecule has 0 saturated carbocycles. The Bertz CT molecular complexity index is 609. The number of hydrogen-bond donors (Lipinski definition) is 1. The number of halogens is 1. The van der Waals surface area contributed by atoms with Gasteiger partial charge in [0.15, 0.2) is 0 Å². The number of phenolic OH excluding ortho intramolecular Hbond substituents is 1. The summed E-state index contributed by atoms with van der Waals surface area (Å²) in [5.41, 5.74) is 1.71. The Morgan fingerprint density at radius 3 is 2.68 bits per heavy atom. The van der Waals surface area contributed by atoms with Gasteiger partial charge in [-0.15, -0.1) is 11.3 Å². The molecule has 5 heteroatoms. The van der Waals surface area contributed by atoms with Crippen LogP contribution in [0.25, 0.3) is 0 Å². The van der Waals surface area contributed by atoms with Crippen molar-refractivity contribution in [1.82, 2.24) is 0 Å². The molecule has 1 N–H and O–H groups in total. The number of aromatic hydroxyl groups is 1. The summed E-state index contributed by atoms with van der Waals surface area (Å²) >= 11 is 4.77. The molecule has 2 rings (SSSR count). The first-order valence-corrected chi connectivity index (χ1v) is 7.50. The molecule has 0 aliphatic carbocycles. The molecule has 0 fully saturated rings. The van der Waals surface area contributed by atoms with Crippen LogP contribution < -0.4 is 4.90 Å². The van der Waals surface area contributed by atoms with Gasteiger partial charge in [0.2, 0.25) is 0 Å². The third-order valence-corrected chi connectivity index (χ3v) is 4.44. The van der Waals surface area contributed by atoms with E-state index in [0.717, 1.165) is 15.0 Å². The van der Waals surface area contributed by atoms with Gasteiger partial charge in [0.25, 0.3) is 5.91 Å². The first-order chi connectivity index (χ1) is 9.02. The van der Waals surface area contributed by atoms with E-state index in [4.69, 9.17) is 0 Å². The van der Waals surface area contributed by atoms with E-state index in [1.54, 1.807) is 23.1 Å². The van der Waals surface area contributed by atoms with Crippen molar-refractivity contribution in [3.05, 3.63) is 44.6 Å². The third kappa shape index (κ3) is 2.98. The van der Waals surface area contributed by atoms with Crippen LogP contribution in [0.4, 0.5) is 5.69 Å². The second-order valence-corrected chi connectivity index (χ2v) is 6.59. The first kappa shape index (κ1) is 14.1. The summed E-state index contributed by atoms with van der Waals surface area (Å²) < 4.78 is 0.930. The summed E-state index contributed by atoms with van der Waals surface area (Å²) in [6, 6.07) is 8.72. The van der Waals surface area contributed by atoms with E-state index >= 15 is 0 Å². The van der Waals surface area contributed by atoms with E-state index in [1.165, 1.54) is 11.3 Å². The van der Waals surface area contributed by atoms with Crippen LogP contribution in [0.1, 0.15) is 22.2 Å². The zero-order valence-electron chi connectivity index (χ0n) is 10.7. The number of rotatable bonds is 3. The van der Waals surface area contributed by atoms with E-state index < -0.39 is 0 Å². The average Bonchev–Trinajstić information content (AvgIpc) is 2.81. The van der Waals surface area contributed by atoms with Crippen molar-refractivity contribution in [2.24, 2.45) is 0 Å². The minimum Gasteiger partial charge on any atom is -0.508 e. The lowest BCUT2D eigenvalue weighted by Gasteiger charge is -2.22. The predicted octanol–water partition coefficient (Wildman–Crippen LogP) is 4.19. The van der Waals surface area contributed by atoms with Gasteiger partial charge in [-0.3, -0.25) is 4.79 Å². The van der Waals surface area contributed by atoms with E-state index in [1.807, 2.05) is 26.0 Å². The number of benzene rings is 1. The zero-order valence-corrected chi connectivity index (χ0v) is 13.1. The second-order valence-electron chi connectivity index (χ2n) is 4.12. The van der Waals surface area contributed by atoms with Crippen LogP contribution in [0.15, 0.2) is 34.1 Å². The number of aryl methyl sites for hydroxylation is 1. The van der Waals surface area contributed by atoms with Crippen LogP contribution >= 0.6 is 27.3 Å². The van der Waals surface area contributed by atoms with Gasteiger partial charge in [0.05, 0.1) is 14.4 Å². The van der Waals surface area contributed by atoms with Crippen molar-refractivity contribution < 1.29 is 9.90 Å². The molecule has 0 unspecified atom stereocenters. The number of amides is 1. The summed E-state index contributed by atoms with van der Waals surface area (Å²) in [5, 5.41) is 9.60. The van der Waals surface area contributed by atoms with Gasteiger partial charge in [-0.1, -0.05) is 6.07 Å². The number of thiophene rings is 1. The molecule has 1 aromatic heterocycles. The highest BCUT2D eigenvalue weighted by molar-refractivity contribution is 9.11. The number of anilines is 1. The smallest absolute Gasteiger partial charge is 0.268 e. The SMILES string of the molecule is CCN(C(=O)c1ccc(Br)s1)c1cc(O)ccc1C. The first-order valence-electron chi connectivity index (χ1n) is 5.89. The fourth-order valence-corrected chi connectivity index (χ4v) is 3.21. The van der Waals surface area contributed by atoms with Crippen molar-refractivity contribution >= 4 is 38.9 Å². The number of hydrogen-bond acceptors (Lipinski definition) is 3. The van der Waals surface area contributed by atoms with Crippen LogP contribution in [-0.4, -0.2) is 17.6 Å². The summed E-state index contributed by atoms with van der Waals surface area (Å²) in [5.74, 6) is 0.117. The minimum atomic E-state index is -0.0492. The Morgan fingerprint density at radius 2 is 2.11 bits per heavy atom. The fraction of sp³-hybridized carbons (Fsp3) is 0.214. The van der Waals surface area contributed by atoms with Crippen molar-refractivity contribution in [1.29, 1.82) is 0 Å². The molecule has 2 aromatic rings. The Hall–Kier alpha value is -1.33. The minimum absolute atomic E-state index is 0.0492. The number of carbonyl (C=O) groups excluding carboxylic acids is 1. The summed E-state index contributed by atoms with van der Waals surface area (Å²) in [4.78, 5) is 14.8. The van der Waals surface area contributed by atoms with Crippen LogP contribution in [-0.2, 0) is 0 Å². The molecular formula is C14H14BrNO2S. The molecule has 1 heterocycles. The van der Waals surface area contributed by atoms with Crippen LogP contribution in [0.5, 0.6) is 5.75 Å². The highest BCUT2D eigenvalue weighted by Gasteiger charge is 2.19. The van der Waals surface area contributed by atoms with Crippen molar-refractivity contribution in [3.63, 3.8) is 0 Å². The molecule has 3 nitrogen and oxygen atoms in total. The van der Waals surface area contributed by atoms with Gasteiger partial charge < -0.3 is 10.0 Å². The van der Waals surface area contributed by atoms with Crippen molar-refractivity contribution in [2.75, 3.05) is 11.4 Å². The Balaban J connectivity index is 2.39. The standard InChI is InChI=1S/C14H14BrNO2S/c1-3-16(11-8-10(17)5-4-9(11)2)14(18)12-6-7-13(15)19-12/h4-8,17H,3H2,1-2H3. The molecule has 0 saturated heterocycles. The lowest BCUT2D eigenvalue weighted by Crippen LogP contribution is -2.30. The molecule has 19 heavy (non-hydrogen) atoms. The van der Waals surface area contributed by atoms with Crippen LogP contribution in [0, 0.1) is 6.92 Å². The maximum Gasteiger partial charge on any atom is 0.268 e. The fourth-order valence-electron chi connectivity index (χ4n) is 1.87. The van der Waals surface area contributed by atoms with Crippen LogP contribution in [0.2, 0.25) is 0 Å². The highest BCUT2D eigenvalue weighted by atomic mass is 79.9. The molecule has 0 bridgehead atoms. The van der Waals surface area contributed by atoms with Gasteiger partial charge in [-0.25, -0.2) is 0 Å². The molecule has 0 aliphatic heterocycles. The van der Waals surface area contributed by atoms with Gasteiger partial charge in [-0.2, -0.15) is 0 Å². The van der Waals surface area contributed by atoms with E-state index in [2.05, 4.69) is 15.9 Å². The molecule has 100 valence electrons. The zero-order chi connectivity index (χ0) is 14.0. The number of nitrogens with zero attached hydrogens (tertiary/aromatic N) is 1. The normalized spacial score (nSPS) is 10.5. The van der Waals surface area contributed by atoms with Crippen molar-refractivity contribution in [3.8, 4) is 5.75 Å². The Labute approximate surface area is 124 Å². The lowest BCUT2D eigenvalue weighted by atomic mass is 10.1. The lowest BCUT2D eigenvalue weighted by molar-refractivity contribution is 0.0992. The average molecular weight is 340 g/mol. The predicted molar refractivity (Wildman–Crippen MR) is 82.2 cm³/mol. The second kappa shape index (κ2) is 5.75. The van der Waals surface area contributed by atoms with E-state index in [9.17, 15) is 9.90 Å². The van der Waals surface area contributed by atoms with Crippen molar-refractivity contribution in [2.45, 2.75) is 13.8 Å². The summed E-state index contributed by atoms with van der Waals surface area (Å²) in [7, 11) is 0. The topological polar surface area (TPSA) is 40.5 Å². The quantitative estimate of drug-likeness (QED) is 0.910. The largest absolute Gasteiger partial charge is 0.508 e. The van der Waals surface area contributed by atoms with Crippen LogP contribution in [0.3, 0.4) is 0 Å². The van der Waals surface area contributed by atoms with Gasteiger partial charge in [-0.05, 0) is 53.5 Å². The van der Waals surface area contributed by atoms with Gasteiger partial charge in [0, 0.05) is 12.6 Å². The van der Waals surface area contributed by atoms with E-state index in [-0.39, 0.29) is 11.7 Å². The molecule has 1 amide bonds. The maximum atomic E-state index is 12.5. The number of phenols is 1. The Morgan fingerprint density at radius 1 is 1.37 bits per heavy atom.